The Balaban J connectivity index is 1.78. The lowest BCUT2D eigenvalue weighted by molar-refractivity contribution is -0.0994. The van der Waals surface area contributed by atoms with Crippen molar-refractivity contribution in [3.05, 3.63) is 10.6 Å². The number of ether oxygens (including phenoxy) is 1. The second kappa shape index (κ2) is 7.21. The normalized spacial score (nSPS) is 26.1. The molecule has 2 aliphatic rings. The van der Waals surface area contributed by atoms with E-state index in [1.165, 1.54) is 25.7 Å². The molecule has 0 radical (unpaired) electrons. The minimum Gasteiger partial charge on any atom is -0.388 e. The molecule has 0 bridgehead atoms. The number of aliphatic hydroxyl groups excluding tert-OH is 1. The zero-order valence-corrected chi connectivity index (χ0v) is 14.1. The van der Waals surface area contributed by atoms with Gasteiger partial charge in [-0.25, -0.2) is 4.68 Å². The summed E-state index contributed by atoms with van der Waals surface area (Å²) in [6, 6.07) is 0.485. The highest BCUT2D eigenvalue weighted by Gasteiger charge is 2.34. The molecule has 1 aromatic rings. The molecule has 6 nitrogen and oxygen atoms in total. The van der Waals surface area contributed by atoms with Gasteiger partial charge in [0.15, 0.2) is 10.6 Å². The number of rotatable bonds is 5. The van der Waals surface area contributed by atoms with Crippen molar-refractivity contribution in [2.45, 2.75) is 71.0 Å². The maximum Gasteiger partial charge on any atom is 0.199 e. The molecule has 7 heteroatoms. The fraction of sp³-hybridized carbons (Fsp3) is 0.867. The Morgan fingerprint density at radius 2 is 2.18 bits per heavy atom. The van der Waals surface area contributed by atoms with E-state index in [9.17, 15) is 5.11 Å². The van der Waals surface area contributed by atoms with E-state index >= 15 is 0 Å². The molecule has 2 heterocycles. The van der Waals surface area contributed by atoms with E-state index in [0.717, 1.165) is 26.1 Å². The van der Waals surface area contributed by atoms with Gasteiger partial charge in [0.05, 0.1) is 19.4 Å². The number of aromatic nitrogens is 3. The van der Waals surface area contributed by atoms with Crippen LogP contribution in [0.15, 0.2) is 0 Å². The van der Waals surface area contributed by atoms with E-state index in [-0.39, 0.29) is 6.61 Å². The molecule has 1 aliphatic carbocycles. The average molecular weight is 326 g/mol. The number of morpholine rings is 1. The number of hydrogen-bond donors (Lipinski definition) is 1. The summed E-state index contributed by atoms with van der Waals surface area (Å²) in [6.45, 7) is 5.27. The summed E-state index contributed by atoms with van der Waals surface area (Å²) in [4.78, 5) is 2.45. The fourth-order valence-electron chi connectivity index (χ4n) is 3.67. The Morgan fingerprint density at radius 3 is 2.95 bits per heavy atom. The lowest BCUT2D eigenvalue weighted by atomic mass is 9.90. The van der Waals surface area contributed by atoms with E-state index in [4.69, 9.17) is 17.0 Å². The van der Waals surface area contributed by atoms with Crippen molar-refractivity contribution in [2.24, 2.45) is 0 Å². The van der Waals surface area contributed by atoms with Gasteiger partial charge >= 0.3 is 0 Å². The maximum absolute atomic E-state index is 9.50. The first-order chi connectivity index (χ1) is 10.7. The van der Waals surface area contributed by atoms with Crippen molar-refractivity contribution < 1.29 is 9.84 Å². The Kier molecular flexibility index (Phi) is 5.28. The van der Waals surface area contributed by atoms with Crippen LogP contribution in [0, 0.1) is 4.77 Å². The topological polar surface area (TPSA) is 55.5 Å². The highest BCUT2D eigenvalue weighted by molar-refractivity contribution is 7.71. The highest BCUT2D eigenvalue weighted by Crippen LogP contribution is 2.28. The van der Waals surface area contributed by atoms with E-state index in [0.29, 0.717) is 29.4 Å². The summed E-state index contributed by atoms with van der Waals surface area (Å²) in [7, 11) is 0. The molecule has 3 rings (SSSR count). The first-order valence-corrected chi connectivity index (χ1v) is 8.78. The van der Waals surface area contributed by atoms with Crippen molar-refractivity contribution in [2.75, 3.05) is 13.2 Å². The quantitative estimate of drug-likeness (QED) is 0.838. The van der Waals surface area contributed by atoms with Crippen LogP contribution in [-0.2, 0) is 24.6 Å². The van der Waals surface area contributed by atoms with Crippen LogP contribution in [0.3, 0.4) is 0 Å². The smallest absolute Gasteiger partial charge is 0.199 e. The zero-order chi connectivity index (χ0) is 15.5. The predicted molar refractivity (Wildman–Crippen MR) is 86.0 cm³/mol. The molecule has 1 N–H and O–H groups in total. The summed E-state index contributed by atoms with van der Waals surface area (Å²) in [5, 5.41) is 14.0. The van der Waals surface area contributed by atoms with Crippen LogP contribution >= 0.6 is 12.2 Å². The minimum absolute atomic E-state index is 0.0637. The van der Waals surface area contributed by atoms with Crippen LogP contribution in [0.1, 0.15) is 44.9 Å². The van der Waals surface area contributed by atoms with Gasteiger partial charge in [0.1, 0.15) is 6.61 Å². The van der Waals surface area contributed by atoms with Crippen LogP contribution in [0.5, 0.6) is 0 Å². The zero-order valence-electron chi connectivity index (χ0n) is 13.3. The van der Waals surface area contributed by atoms with Gasteiger partial charge in [-0.1, -0.05) is 19.8 Å². The van der Waals surface area contributed by atoms with E-state index in [1.807, 2.05) is 9.25 Å². The van der Waals surface area contributed by atoms with Crippen LogP contribution in [0.4, 0.5) is 0 Å². The van der Waals surface area contributed by atoms with Gasteiger partial charge < -0.3 is 14.4 Å². The summed E-state index contributed by atoms with van der Waals surface area (Å²) in [5.41, 5.74) is 0. The molecule has 2 fully saturated rings. The van der Waals surface area contributed by atoms with E-state index in [1.54, 1.807) is 0 Å². The number of hydrogen-bond acceptors (Lipinski definition) is 5. The van der Waals surface area contributed by atoms with Gasteiger partial charge in [0.2, 0.25) is 0 Å². The van der Waals surface area contributed by atoms with Gasteiger partial charge in [-0.05, 0) is 31.5 Å². The second-order valence-electron chi connectivity index (χ2n) is 6.22. The van der Waals surface area contributed by atoms with Crippen LogP contribution < -0.4 is 0 Å². The number of nitrogens with zero attached hydrogens (tertiary/aromatic N) is 4. The fourth-order valence-corrected chi connectivity index (χ4v) is 3.96. The molecule has 2 unspecified atom stereocenters. The third-order valence-electron chi connectivity index (χ3n) is 4.75. The monoisotopic (exact) mass is 326 g/mol. The van der Waals surface area contributed by atoms with Gasteiger partial charge in [-0.15, -0.1) is 0 Å². The Labute approximate surface area is 136 Å². The van der Waals surface area contributed by atoms with Crippen molar-refractivity contribution in [1.82, 2.24) is 19.2 Å². The van der Waals surface area contributed by atoms with Crippen molar-refractivity contribution >= 4 is 12.2 Å². The summed E-state index contributed by atoms with van der Waals surface area (Å²) >= 11 is 5.55. The molecular weight excluding hydrogens is 300 g/mol. The molecule has 1 saturated carbocycles. The molecule has 124 valence electrons. The van der Waals surface area contributed by atoms with Crippen molar-refractivity contribution in [1.29, 1.82) is 0 Å². The molecule has 22 heavy (non-hydrogen) atoms. The minimum atomic E-state index is -0.0637. The van der Waals surface area contributed by atoms with E-state index in [2.05, 4.69) is 16.9 Å². The van der Waals surface area contributed by atoms with Crippen LogP contribution in [0.25, 0.3) is 0 Å². The highest BCUT2D eigenvalue weighted by atomic mass is 32.1. The standard InChI is InChI=1S/C15H26N4O2S/c1-2-7-18-14(10-20)16-19(15(18)22)11-17-8-9-21-13-6-4-3-5-12(13)17/h12-13,20H,2-11H2,1H3. The third-order valence-corrected chi connectivity index (χ3v) is 5.18. The van der Waals surface area contributed by atoms with Crippen molar-refractivity contribution in [3.8, 4) is 0 Å². The third kappa shape index (κ3) is 3.13. The van der Waals surface area contributed by atoms with Gasteiger partial charge in [-0.3, -0.25) is 4.90 Å². The molecule has 1 aromatic heterocycles. The largest absolute Gasteiger partial charge is 0.388 e. The first-order valence-electron chi connectivity index (χ1n) is 8.37. The number of aliphatic hydroxyl groups is 1. The van der Waals surface area contributed by atoms with Crippen molar-refractivity contribution in [3.63, 3.8) is 0 Å². The molecule has 1 saturated heterocycles. The number of fused-ring (bicyclic) bond motifs is 1. The summed E-state index contributed by atoms with van der Waals surface area (Å²) < 4.78 is 10.5. The van der Waals surface area contributed by atoms with E-state index < -0.39 is 0 Å². The molecular formula is C15H26N4O2S. The van der Waals surface area contributed by atoms with Gasteiger partial charge in [0.25, 0.3) is 0 Å². The van der Waals surface area contributed by atoms with Crippen LogP contribution in [0.2, 0.25) is 0 Å². The Bertz CT molecular complexity index is 554. The first kappa shape index (κ1) is 16.1. The lowest BCUT2D eigenvalue weighted by Gasteiger charge is -2.43. The summed E-state index contributed by atoms with van der Waals surface area (Å²) in [5.74, 6) is 0.667. The average Bonchev–Trinajstić information content (AvgIpc) is 2.84. The molecule has 0 aromatic carbocycles. The second-order valence-corrected chi connectivity index (χ2v) is 6.59. The van der Waals surface area contributed by atoms with Crippen LogP contribution in [-0.4, -0.2) is 49.7 Å². The SMILES string of the molecule is CCCn1c(CO)nn(CN2CCOC3CCCCC32)c1=S. The maximum atomic E-state index is 9.50. The summed E-state index contributed by atoms with van der Waals surface area (Å²) in [6.07, 6.45) is 6.26. The molecule has 0 amide bonds. The van der Waals surface area contributed by atoms with Gasteiger partial charge in [0, 0.05) is 19.1 Å². The predicted octanol–water partition coefficient (Wildman–Crippen LogP) is 1.92. The molecule has 2 atom stereocenters. The Hall–Kier alpha value is -0.760. The van der Waals surface area contributed by atoms with Gasteiger partial charge in [-0.2, -0.15) is 5.10 Å². The molecule has 0 spiro atoms. The lowest BCUT2D eigenvalue weighted by Crippen LogP contribution is -2.53. The molecule has 1 aliphatic heterocycles. The Morgan fingerprint density at radius 1 is 1.36 bits per heavy atom.